The molecule has 4 nitrogen and oxygen atoms in total. The van der Waals surface area contributed by atoms with Crippen molar-refractivity contribution in [2.75, 3.05) is 0 Å². The van der Waals surface area contributed by atoms with Crippen molar-refractivity contribution < 1.29 is 4.52 Å². The molecule has 2 heterocycles. The van der Waals surface area contributed by atoms with Crippen molar-refractivity contribution in [3.63, 3.8) is 0 Å². The van der Waals surface area contributed by atoms with Crippen LogP contribution in [0.25, 0.3) is 23.1 Å². The lowest BCUT2D eigenvalue weighted by atomic mass is 10.1. The maximum atomic E-state index is 4.65. The Morgan fingerprint density at radius 1 is 1.19 bits per heavy atom. The Kier molecular flexibility index (Phi) is 2.04. The molecule has 0 spiro atoms. The molecule has 0 amide bonds. The van der Waals surface area contributed by atoms with Gasteiger partial charge in [0.1, 0.15) is 0 Å². The van der Waals surface area contributed by atoms with Crippen molar-refractivity contribution in [1.29, 1.82) is 0 Å². The van der Waals surface area contributed by atoms with E-state index >= 15 is 0 Å². The smallest absolute Gasteiger partial charge is 0.214 e. The SMILES string of the molecule is C(=C\c1c[nH]c2ccccc12)/c1ncon1. The fourth-order valence-electron chi connectivity index (χ4n) is 1.65. The number of aromatic nitrogens is 3. The highest BCUT2D eigenvalue weighted by Gasteiger charge is 1.99. The van der Waals surface area contributed by atoms with E-state index in [1.807, 2.05) is 36.5 Å². The number of hydrogen-bond donors (Lipinski definition) is 1. The van der Waals surface area contributed by atoms with E-state index in [1.54, 1.807) is 0 Å². The first-order valence-electron chi connectivity index (χ1n) is 4.94. The van der Waals surface area contributed by atoms with Crippen LogP contribution in [0.4, 0.5) is 0 Å². The topological polar surface area (TPSA) is 54.7 Å². The van der Waals surface area contributed by atoms with Gasteiger partial charge >= 0.3 is 0 Å². The predicted octanol–water partition coefficient (Wildman–Crippen LogP) is 2.72. The summed E-state index contributed by atoms with van der Waals surface area (Å²) in [7, 11) is 0. The molecule has 3 rings (SSSR count). The maximum absolute atomic E-state index is 4.65. The van der Waals surface area contributed by atoms with Gasteiger partial charge in [0, 0.05) is 17.1 Å². The molecule has 4 heteroatoms. The van der Waals surface area contributed by atoms with Crippen LogP contribution in [0.15, 0.2) is 41.4 Å². The fraction of sp³-hybridized carbons (Fsp3) is 0. The van der Waals surface area contributed by atoms with Gasteiger partial charge in [0.25, 0.3) is 0 Å². The first kappa shape index (κ1) is 8.91. The van der Waals surface area contributed by atoms with E-state index < -0.39 is 0 Å². The molecule has 0 radical (unpaired) electrons. The molecule has 0 unspecified atom stereocenters. The molecule has 0 saturated carbocycles. The molecule has 0 aliphatic heterocycles. The number of H-pyrrole nitrogens is 1. The lowest BCUT2D eigenvalue weighted by Crippen LogP contribution is -1.73. The zero-order valence-corrected chi connectivity index (χ0v) is 8.42. The van der Waals surface area contributed by atoms with Crippen LogP contribution < -0.4 is 0 Å². The van der Waals surface area contributed by atoms with Crippen LogP contribution in [0.2, 0.25) is 0 Å². The van der Waals surface area contributed by atoms with E-state index in [-0.39, 0.29) is 0 Å². The lowest BCUT2D eigenvalue weighted by molar-refractivity contribution is 0.415. The molecule has 0 atom stereocenters. The Labute approximate surface area is 91.6 Å². The highest BCUT2D eigenvalue weighted by molar-refractivity contribution is 5.90. The average Bonchev–Trinajstić information content (AvgIpc) is 2.96. The Balaban J connectivity index is 2.01. The van der Waals surface area contributed by atoms with Gasteiger partial charge in [0.15, 0.2) is 5.82 Å². The summed E-state index contributed by atoms with van der Waals surface area (Å²) in [5, 5.41) is 4.90. The minimum atomic E-state index is 0.574. The Hall–Kier alpha value is -2.36. The number of hydrogen-bond acceptors (Lipinski definition) is 3. The summed E-state index contributed by atoms with van der Waals surface area (Å²) in [4.78, 5) is 7.12. The van der Waals surface area contributed by atoms with Gasteiger partial charge < -0.3 is 9.51 Å². The Morgan fingerprint density at radius 3 is 3.00 bits per heavy atom. The number of nitrogens with one attached hydrogen (secondary N) is 1. The van der Waals surface area contributed by atoms with Crippen molar-refractivity contribution >= 4 is 23.1 Å². The largest absolute Gasteiger partial charge is 0.361 e. The van der Waals surface area contributed by atoms with Gasteiger partial charge in [-0.25, -0.2) is 0 Å². The van der Waals surface area contributed by atoms with E-state index in [9.17, 15) is 0 Å². The molecule has 1 aromatic carbocycles. The number of fused-ring (bicyclic) bond motifs is 1. The average molecular weight is 211 g/mol. The van der Waals surface area contributed by atoms with E-state index in [1.165, 1.54) is 11.8 Å². The second-order valence-corrected chi connectivity index (χ2v) is 3.41. The van der Waals surface area contributed by atoms with Crippen molar-refractivity contribution in [2.45, 2.75) is 0 Å². The molecule has 0 bridgehead atoms. The molecule has 0 aliphatic rings. The number of para-hydroxylation sites is 1. The highest BCUT2D eigenvalue weighted by atomic mass is 16.5. The third kappa shape index (κ3) is 1.50. The number of nitrogens with zero attached hydrogens (tertiary/aromatic N) is 2. The van der Waals surface area contributed by atoms with Crippen LogP contribution in [-0.2, 0) is 0 Å². The monoisotopic (exact) mass is 211 g/mol. The molecule has 16 heavy (non-hydrogen) atoms. The van der Waals surface area contributed by atoms with E-state index in [2.05, 4.69) is 25.7 Å². The summed E-state index contributed by atoms with van der Waals surface area (Å²) in [6, 6.07) is 8.14. The van der Waals surface area contributed by atoms with E-state index in [4.69, 9.17) is 0 Å². The molecule has 0 saturated heterocycles. The Morgan fingerprint density at radius 2 is 2.12 bits per heavy atom. The molecule has 3 aromatic rings. The third-order valence-electron chi connectivity index (χ3n) is 2.41. The summed E-state index contributed by atoms with van der Waals surface area (Å²) < 4.78 is 4.65. The first-order chi connectivity index (χ1) is 7.93. The van der Waals surface area contributed by atoms with Crippen LogP contribution >= 0.6 is 0 Å². The second kappa shape index (κ2) is 3.66. The number of aromatic amines is 1. The maximum Gasteiger partial charge on any atom is 0.214 e. The van der Waals surface area contributed by atoms with Crippen molar-refractivity contribution in [1.82, 2.24) is 15.1 Å². The zero-order valence-electron chi connectivity index (χ0n) is 8.42. The van der Waals surface area contributed by atoms with Gasteiger partial charge in [0.2, 0.25) is 6.39 Å². The van der Waals surface area contributed by atoms with Gasteiger partial charge in [-0.15, -0.1) is 0 Å². The standard InChI is InChI=1S/C12H9N3O/c1-2-4-11-10(3-1)9(7-13-11)5-6-12-14-8-16-15-12/h1-8,13H/b6-5+. The van der Waals surface area contributed by atoms with Gasteiger partial charge in [-0.2, -0.15) is 4.98 Å². The minimum absolute atomic E-state index is 0.574. The molecule has 78 valence electrons. The van der Waals surface area contributed by atoms with Crippen LogP contribution in [0.3, 0.4) is 0 Å². The minimum Gasteiger partial charge on any atom is -0.361 e. The van der Waals surface area contributed by atoms with Gasteiger partial charge in [-0.05, 0) is 23.8 Å². The summed E-state index contributed by atoms with van der Waals surface area (Å²) in [5.41, 5.74) is 2.23. The van der Waals surface area contributed by atoms with Crippen LogP contribution in [-0.4, -0.2) is 15.1 Å². The number of rotatable bonds is 2. The summed E-state index contributed by atoms with van der Waals surface area (Å²) in [6.07, 6.45) is 7.05. The van der Waals surface area contributed by atoms with Gasteiger partial charge in [-0.1, -0.05) is 23.4 Å². The summed E-state index contributed by atoms with van der Waals surface area (Å²) in [6.45, 7) is 0. The van der Waals surface area contributed by atoms with E-state index in [0.29, 0.717) is 5.82 Å². The lowest BCUT2D eigenvalue weighted by Gasteiger charge is -1.89. The number of benzene rings is 1. The highest BCUT2D eigenvalue weighted by Crippen LogP contribution is 2.19. The van der Waals surface area contributed by atoms with Crippen molar-refractivity contribution in [3.05, 3.63) is 48.2 Å². The predicted molar refractivity (Wildman–Crippen MR) is 61.5 cm³/mol. The molecule has 0 aliphatic carbocycles. The quantitative estimate of drug-likeness (QED) is 0.709. The van der Waals surface area contributed by atoms with Crippen molar-refractivity contribution in [3.8, 4) is 0 Å². The summed E-state index contributed by atoms with van der Waals surface area (Å²) >= 11 is 0. The van der Waals surface area contributed by atoms with Crippen molar-refractivity contribution in [2.24, 2.45) is 0 Å². The molecular weight excluding hydrogens is 202 g/mol. The Bertz CT molecular complexity index is 623. The van der Waals surface area contributed by atoms with Gasteiger partial charge in [0.05, 0.1) is 0 Å². The van der Waals surface area contributed by atoms with Crippen LogP contribution in [0.1, 0.15) is 11.4 Å². The fourth-order valence-corrected chi connectivity index (χ4v) is 1.65. The molecule has 1 N–H and O–H groups in total. The molecular formula is C12H9N3O. The normalized spacial score (nSPS) is 11.5. The first-order valence-corrected chi connectivity index (χ1v) is 4.94. The molecule has 0 fully saturated rings. The zero-order chi connectivity index (χ0) is 10.8. The van der Waals surface area contributed by atoms with Gasteiger partial charge in [-0.3, -0.25) is 0 Å². The third-order valence-corrected chi connectivity index (χ3v) is 2.41. The van der Waals surface area contributed by atoms with E-state index in [0.717, 1.165) is 11.1 Å². The molecule has 2 aromatic heterocycles. The second-order valence-electron chi connectivity index (χ2n) is 3.41. The van der Waals surface area contributed by atoms with Crippen LogP contribution in [0.5, 0.6) is 0 Å². The summed E-state index contributed by atoms with van der Waals surface area (Å²) in [5.74, 6) is 0.574. The van der Waals surface area contributed by atoms with Crippen LogP contribution in [0, 0.1) is 0 Å².